The molecule has 26 heavy (non-hydrogen) atoms. The number of rotatable bonds is 8. The highest BCUT2D eigenvalue weighted by Gasteiger charge is 2.28. The van der Waals surface area contributed by atoms with Gasteiger partial charge in [-0.3, -0.25) is 9.67 Å². The number of aromatic nitrogens is 2. The van der Waals surface area contributed by atoms with Gasteiger partial charge in [0.15, 0.2) is 12.6 Å². The molecule has 2 N–H and O–H groups in total. The Labute approximate surface area is 150 Å². The van der Waals surface area contributed by atoms with Crippen LogP contribution in [-0.2, 0) is 13.1 Å². The number of alkyl halides is 3. The van der Waals surface area contributed by atoms with E-state index in [9.17, 15) is 13.2 Å². The van der Waals surface area contributed by atoms with Gasteiger partial charge in [0.1, 0.15) is 5.75 Å². The van der Waals surface area contributed by atoms with E-state index in [1.807, 2.05) is 16.9 Å². The molecule has 142 valence electrons. The van der Waals surface area contributed by atoms with Gasteiger partial charge in [0, 0.05) is 39.1 Å². The predicted molar refractivity (Wildman–Crippen MR) is 93.0 cm³/mol. The van der Waals surface area contributed by atoms with Crippen LogP contribution in [0.4, 0.5) is 13.2 Å². The van der Waals surface area contributed by atoms with Crippen LogP contribution in [0.2, 0.25) is 0 Å². The Hall–Kier alpha value is -2.71. The van der Waals surface area contributed by atoms with Crippen molar-refractivity contribution in [3.05, 3.63) is 48.3 Å². The lowest BCUT2D eigenvalue weighted by molar-refractivity contribution is -0.153. The minimum atomic E-state index is -4.35. The zero-order chi connectivity index (χ0) is 18.8. The maximum atomic E-state index is 12.2. The van der Waals surface area contributed by atoms with Crippen molar-refractivity contribution in [3.8, 4) is 5.75 Å². The monoisotopic (exact) mass is 369 g/mol. The molecule has 0 atom stereocenters. The first kappa shape index (κ1) is 19.6. The summed E-state index contributed by atoms with van der Waals surface area (Å²) in [5.41, 5.74) is 0.796. The molecule has 1 heterocycles. The molecule has 0 saturated heterocycles. The minimum absolute atomic E-state index is 0.184. The number of benzene rings is 1. The van der Waals surface area contributed by atoms with E-state index >= 15 is 0 Å². The average Bonchev–Trinajstić information content (AvgIpc) is 3.12. The summed E-state index contributed by atoms with van der Waals surface area (Å²) in [6, 6.07) is 8.41. The highest BCUT2D eigenvalue weighted by molar-refractivity contribution is 5.79. The van der Waals surface area contributed by atoms with Crippen LogP contribution in [0, 0.1) is 0 Å². The molecule has 9 heteroatoms. The molecule has 2 aromatic rings. The molecule has 0 aliphatic rings. The number of aliphatic imine (C=N–C) groups is 1. The maximum Gasteiger partial charge on any atom is 0.422 e. The number of hydrogen-bond donors (Lipinski definition) is 2. The number of guanidine groups is 1. The summed E-state index contributed by atoms with van der Waals surface area (Å²) >= 11 is 0. The summed E-state index contributed by atoms with van der Waals surface area (Å²) in [7, 11) is 1.66. The van der Waals surface area contributed by atoms with Gasteiger partial charge in [-0.1, -0.05) is 12.1 Å². The molecule has 0 aliphatic heterocycles. The lowest BCUT2D eigenvalue weighted by Crippen LogP contribution is -2.37. The quantitative estimate of drug-likeness (QED) is 0.427. The Balaban J connectivity index is 1.73. The predicted octanol–water partition coefficient (Wildman–Crippen LogP) is 2.58. The number of hydrogen-bond acceptors (Lipinski definition) is 3. The summed E-state index contributed by atoms with van der Waals surface area (Å²) in [4.78, 5) is 4.12. The van der Waals surface area contributed by atoms with Crippen LogP contribution in [-0.4, -0.2) is 42.1 Å². The molecule has 0 radical (unpaired) electrons. The van der Waals surface area contributed by atoms with Crippen LogP contribution >= 0.6 is 0 Å². The highest BCUT2D eigenvalue weighted by Crippen LogP contribution is 2.19. The first-order chi connectivity index (χ1) is 12.5. The molecule has 0 fully saturated rings. The fraction of sp³-hybridized carbons (Fsp3) is 0.412. The van der Waals surface area contributed by atoms with Crippen molar-refractivity contribution in [3.63, 3.8) is 0 Å². The van der Waals surface area contributed by atoms with Gasteiger partial charge in [-0.15, -0.1) is 0 Å². The van der Waals surface area contributed by atoms with Crippen LogP contribution in [0.25, 0.3) is 0 Å². The van der Waals surface area contributed by atoms with Crippen molar-refractivity contribution in [1.29, 1.82) is 0 Å². The summed E-state index contributed by atoms with van der Waals surface area (Å²) in [6.45, 7) is 0.634. The zero-order valence-corrected chi connectivity index (χ0v) is 14.5. The van der Waals surface area contributed by atoms with E-state index in [4.69, 9.17) is 4.74 Å². The van der Waals surface area contributed by atoms with Crippen LogP contribution in [0.3, 0.4) is 0 Å². The van der Waals surface area contributed by atoms with Crippen molar-refractivity contribution < 1.29 is 17.9 Å². The molecule has 6 nitrogen and oxygen atoms in total. The van der Waals surface area contributed by atoms with Crippen molar-refractivity contribution in [2.75, 3.05) is 20.2 Å². The van der Waals surface area contributed by atoms with Crippen molar-refractivity contribution in [2.24, 2.45) is 4.99 Å². The Kier molecular flexibility index (Phi) is 7.31. The Bertz CT molecular complexity index is 686. The van der Waals surface area contributed by atoms with E-state index < -0.39 is 12.8 Å². The Morgan fingerprint density at radius 1 is 1.27 bits per heavy atom. The molecule has 1 aromatic heterocycles. The van der Waals surface area contributed by atoms with Crippen LogP contribution < -0.4 is 15.4 Å². The summed E-state index contributed by atoms with van der Waals surface area (Å²) in [6.07, 6.45) is 0.168. The molecule has 0 spiro atoms. The van der Waals surface area contributed by atoms with Crippen LogP contribution in [0.5, 0.6) is 5.75 Å². The molecule has 0 saturated carbocycles. The van der Waals surface area contributed by atoms with E-state index in [2.05, 4.69) is 20.7 Å². The number of ether oxygens (including phenoxy) is 1. The van der Waals surface area contributed by atoms with E-state index in [0.29, 0.717) is 19.0 Å². The maximum absolute atomic E-state index is 12.2. The first-order valence-corrected chi connectivity index (χ1v) is 8.17. The van der Waals surface area contributed by atoms with E-state index in [0.717, 1.165) is 18.5 Å². The fourth-order valence-corrected chi connectivity index (χ4v) is 2.20. The highest BCUT2D eigenvalue weighted by atomic mass is 19.4. The van der Waals surface area contributed by atoms with Gasteiger partial charge in [0.25, 0.3) is 0 Å². The third-order valence-electron chi connectivity index (χ3n) is 3.40. The zero-order valence-electron chi connectivity index (χ0n) is 14.5. The van der Waals surface area contributed by atoms with Gasteiger partial charge < -0.3 is 15.4 Å². The fourth-order valence-electron chi connectivity index (χ4n) is 2.20. The number of nitrogens with one attached hydrogen (secondary N) is 2. The van der Waals surface area contributed by atoms with Gasteiger partial charge in [0.2, 0.25) is 0 Å². The number of aryl methyl sites for hydroxylation is 1. The lowest BCUT2D eigenvalue weighted by Gasteiger charge is -2.13. The SMILES string of the molecule is CN=C(NCCCn1cccn1)NCc1cccc(OCC(F)(F)F)c1. The Morgan fingerprint density at radius 3 is 2.81 bits per heavy atom. The third kappa shape index (κ3) is 7.45. The summed E-state index contributed by atoms with van der Waals surface area (Å²) in [5, 5.41) is 10.4. The third-order valence-corrected chi connectivity index (χ3v) is 3.40. The van der Waals surface area contributed by atoms with Crippen LogP contribution in [0.1, 0.15) is 12.0 Å². The summed E-state index contributed by atoms with van der Waals surface area (Å²) in [5.74, 6) is 0.802. The summed E-state index contributed by atoms with van der Waals surface area (Å²) < 4.78 is 43.2. The molecule has 1 aromatic carbocycles. The lowest BCUT2D eigenvalue weighted by atomic mass is 10.2. The van der Waals surface area contributed by atoms with E-state index in [1.165, 1.54) is 6.07 Å². The number of nitrogens with zero attached hydrogens (tertiary/aromatic N) is 3. The van der Waals surface area contributed by atoms with Crippen molar-refractivity contribution in [2.45, 2.75) is 25.7 Å². The van der Waals surface area contributed by atoms with Crippen molar-refractivity contribution in [1.82, 2.24) is 20.4 Å². The largest absolute Gasteiger partial charge is 0.484 e. The topological polar surface area (TPSA) is 63.5 Å². The van der Waals surface area contributed by atoms with Crippen LogP contribution in [0.15, 0.2) is 47.7 Å². The second-order valence-corrected chi connectivity index (χ2v) is 5.53. The molecule has 0 amide bonds. The molecule has 0 aliphatic carbocycles. The van der Waals surface area contributed by atoms with E-state index in [1.54, 1.807) is 31.4 Å². The molecular formula is C17H22F3N5O. The van der Waals surface area contributed by atoms with Gasteiger partial charge in [-0.05, 0) is 30.2 Å². The molecule has 2 rings (SSSR count). The smallest absolute Gasteiger partial charge is 0.422 e. The average molecular weight is 369 g/mol. The van der Waals surface area contributed by atoms with Gasteiger partial charge in [-0.25, -0.2) is 0 Å². The standard InChI is InChI=1S/C17H22F3N5O/c1-21-16(22-7-3-9-25-10-4-8-24-25)23-12-14-5-2-6-15(11-14)26-13-17(18,19)20/h2,4-6,8,10-11H,3,7,9,12-13H2,1H3,(H2,21,22,23). The van der Waals surface area contributed by atoms with Gasteiger partial charge >= 0.3 is 6.18 Å². The Morgan fingerprint density at radius 2 is 2.12 bits per heavy atom. The van der Waals surface area contributed by atoms with Gasteiger partial charge in [-0.2, -0.15) is 18.3 Å². The molecule has 0 unspecified atom stereocenters. The first-order valence-electron chi connectivity index (χ1n) is 8.17. The normalized spacial score (nSPS) is 12.1. The molecular weight excluding hydrogens is 347 g/mol. The van der Waals surface area contributed by atoms with E-state index in [-0.39, 0.29) is 5.75 Å². The molecule has 0 bridgehead atoms. The van der Waals surface area contributed by atoms with Crippen molar-refractivity contribution >= 4 is 5.96 Å². The second kappa shape index (κ2) is 9.69. The number of halogens is 3. The second-order valence-electron chi connectivity index (χ2n) is 5.53. The van der Waals surface area contributed by atoms with Gasteiger partial charge in [0.05, 0.1) is 0 Å². The minimum Gasteiger partial charge on any atom is -0.484 e.